The van der Waals surface area contributed by atoms with Crippen LogP contribution in [0, 0.1) is 5.82 Å². The molecule has 5 heteroatoms. The van der Waals surface area contributed by atoms with Crippen molar-refractivity contribution in [2.45, 2.75) is 6.92 Å². The van der Waals surface area contributed by atoms with E-state index >= 15 is 0 Å². The summed E-state index contributed by atoms with van der Waals surface area (Å²) in [6, 6.07) is 3.95. The molecule has 20 heavy (non-hydrogen) atoms. The lowest BCUT2D eigenvalue weighted by Crippen LogP contribution is -2.11. The standard InChI is InChI=1S/C15H18FNO3/c1-3-4-5-6-15(18)17-13-11-12(16)7-8-14(13)20-10-9-19-2/h3-8,11H,9-10H2,1-2H3,(H,17,18). The van der Waals surface area contributed by atoms with Gasteiger partial charge < -0.3 is 14.8 Å². The second-order valence-electron chi connectivity index (χ2n) is 3.86. The summed E-state index contributed by atoms with van der Waals surface area (Å²) >= 11 is 0. The van der Waals surface area contributed by atoms with E-state index in [4.69, 9.17) is 9.47 Å². The van der Waals surface area contributed by atoms with Gasteiger partial charge in [0.15, 0.2) is 0 Å². The van der Waals surface area contributed by atoms with Gasteiger partial charge in [0.2, 0.25) is 5.91 Å². The Balaban J connectivity index is 2.75. The van der Waals surface area contributed by atoms with Crippen molar-refractivity contribution < 1.29 is 18.7 Å². The monoisotopic (exact) mass is 279 g/mol. The first-order valence-corrected chi connectivity index (χ1v) is 6.19. The van der Waals surface area contributed by atoms with Crippen LogP contribution in [0.25, 0.3) is 0 Å². The van der Waals surface area contributed by atoms with Crippen LogP contribution in [-0.4, -0.2) is 26.2 Å². The molecule has 1 aromatic carbocycles. The number of allylic oxidation sites excluding steroid dienone is 3. The van der Waals surface area contributed by atoms with Crippen molar-refractivity contribution >= 4 is 11.6 Å². The first-order chi connectivity index (χ1) is 9.67. The van der Waals surface area contributed by atoms with Gasteiger partial charge in [0, 0.05) is 19.3 Å². The molecule has 0 unspecified atom stereocenters. The molecule has 0 atom stereocenters. The zero-order valence-electron chi connectivity index (χ0n) is 11.6. The second kappa shape index (κ2) is 8.87. The number of hydrogen-bond acceptors (Lipinski definition) is 3. The Morgan fingerprint density at radius 1 is 1.35 bits per heavy atom. The van der Waals surface area contributed by atoms with Crippen molar-refractivity contribution in [3.05, 3.63) is 48.3 Å². The zero-order valence-corrected chi connectivity index (χ0v) is 11.6. The van der Waals surface area contributed by atoms with Gasteiger partial charge in [-0.3, -0.25) is 4.79 Å². The number of anilines is 1. The molecule has 0 spiro atoms. The molecular weight excluding hydrogens is 261 g/mol. The van der Waals surface area contributed by atoms with E-state index < -0.39 is 5.82 Å². The summed E-state index contributed by atoms with van der Waals surface area (Å²) in [6.07, 6.45) is 6.47. The molecule has 1 aromatic rings. The molecule has 0 aliphatic carbocycles. The number of methoxy groups -OCH3 is 1. The average Bonchev–Trinajstić information content (AvgIpc) is 2.42. The molecule has 0 bridgehead atoms. The van der Waals surface area contributed by atoms with Crippen LogP contribution in [-0.2, 0) is 9.53 Å². The van der Waals surface area contributed by atoms with Crippen LogP contribution in [0.15, 0.2) is 42.5 Å². The molecule has 1 amide bonds. The Morgan fingerprint density at radius 3 is 2.85 bits per heavy atom. The summed E-state index contributed by atoms with van der Waals surface area (Å²) in [5.74, 6) is -0.404. The number of hydrogen-bond donors (Lipinski definition) is 1. The normalized spacial score (nSPS) is 11.2. The molecule has 1 rings (SSSR count). The van der Waals surface area contributed by atoms with E-state index in [-0.39, 0.29) is 11.6 Å². The molecule has 0 heterocycles. The van der Waals surface area contributed by atoms with E-state index in [0.29, 0.717) is 19.0 Å². The lowest BCUT2D eigenvalue weighted by molar-refractivity contribution is -0.111. The maximum atomic E-state index is 13.2. The Kier molecular flexibility index (Phi) is 7.06. The van der Waals surface area contributed by atoms with Gasteiger partial charge in [0.1, 0.15) is 18.2 Å². The Labute approximate surface area is 117 Å². The molecule has 0 saturated carbocycles. The van der Waals surface area contributed by atoms with Crippen LogP contribution in [0.2, 0.25) is 0 Å². The van der Waals surface area contributed by atoms with E-state index in [0.717, 1.165) is 0 Å². The predicted octanol–water partition coefficient (Wildman–Crippen LogP) is 2.92. The minimum absolute atomic E-state index is 0.288. The fourth-order valence-electron chi connectivity index (χ4n) is 1.39. The first-order valence-electron chi connectivity index (χ1n) is 6.19. The highest BCUT2D eigenvalue weighted by molar-refractivity contribution is 6.00. The van der Waals surface area contributed by atoms with Gasteiger partial charge in [-0.25, -0.2) is 4.39 Å². The quantitative estimate of drug-likeness (QED) is 0.474. The van der Waals surface area contributed by atoms with E-state index in [1.807, 2.05) is 6.92 Å². The molecule has 0 aliphatic heterocycles. The van der Waals surface area contributed by atoms with E-state index in [1.54, 1.807) is 25.3 Å². The molecule has 0 aromatic heterocycles. The maximum absolute atomic E-state index is 13.2. The lowest BCUT2D eigenvalue weighted by Gasteiger charge is -2.11. The highest BCUT2D eigenvalue weighted by atomic mass is 19.1. The van der Waals surface area contributed by atoms with Crippen LogP contribution >= 0.6 is 0 Å². The van der Waals surface area contributed by atoms with Crippen LogP contribution < -0.4 is 10.1 Å². The molecule has 0 aliphatic rings. The summed E-state index contributed by atoms with van der Waals surface area (Å²) in [5, 5.41) is 2.57. The maximum Gasteiger partial charge on any atom is 0.248 e. The Morgan fingerprint density at radius 2 is 2.15 bits per heavy atom. The van der Waals surface area contributed by atoms with E-state index in [9.17, 15) is 9.18 Å². The number of carbonyl (C=O) groups is 1. The van der Waals surface area contributed by atoms with Crippen molar-refractivity contribution in [1.29, 1.82) is 0 Å². The number of halogens is 1. The van der Waals surface area contributed by atoms with Crippen LogP contribution in [0.1, 0.15) is 6.92 Å². The van der Waals surface area contributed by atoms with E-state index in [1.165, 1.54) is 24.3 Å². The van der Waals surface area contributed by atoms with Crippen LogP contribution in [0.5, 0.6) is 5.75 Å². The number of nitrogens with one attached hydrogen (secondary N) is 1. The molecule has 0 saturated heterocycles. The summed E-state index contributed by atoms with van der Waals surface area (Å²) < 4.78 is 23.5. The third-order valence-electron chi connectivity index (χ3n) is 2.30. The number of carbonyl (C=O) groups excluding carboxylic acids is 1. The predicted molar refractivity (Wildman–Crippen MR) is 76.4 cm³/mol. The Bertz CT molecular complexity index is 498. The number of rotatable bonds is 7. The molecule has 4 nitrogen and oxygen atoms in total. The summed E-state index contributed by atoms with van der Waals surface area (Å²) in [5.41, 5.74) is 0.288. The number of amides is 1. The summed E-state index contributed by atoms with van der Waals surface area (Å²) in [6.45, 7) is 2.57. The minimum atomic E-state index is -0.447. The Hall–Kier alpha value is -2.14. The molecule has 108 valence electrons. The largest absolute Gasteiger partial charge is 0.489 e. The summed E-state index contributed by atoms with van der Waals surface area (Å²) in [7, 11) is 1.56. The molecular formula is C15H18FNO3. The highest BCUT2D eigenvalue weighted by Gasteiger charge is 2.07. The minimum Gasteiger partial charge on any atom is -0.489 e. The molecule has 0 fully saturated rings. The number of ether oxygens (including phenoxy) is 2. The van der Waals surface area contributed by atoms with Gasteiger partial charge in [-0.2, -0.15) is 0 Å². The third-order valence-corrected chi connectivity index (χ3v) is 2.30. The topological polar surface area (TPSA) is 47.6 Å². The summed E-state index contributed by atoms with van der Waals surface area (Å²) in [4.78, 5) is 11.6. The van der Waals surface area contributed by atoms with Gasteiger partial charge in [0.05, 0.1) is 12.3 Å². The van der Waals surface area contributed by atoms with Crippen molar-refractivity contribution in [3.63, 3.8) is 0 Å². The average molecular weight is 279 g/mol. The van der Waals surface area contributed by atoms with Crippen LogP contribution in [0.3, 0.4) is 0 Å². The van der Waals surface area contributed by atoms with Gasteiger partial charge in [-0.15, -0.1) is 0 Å². The highest BCUT2D eigenvalue weighted by Crippen LogP contribution is 2.25. The fourth-order valence-corrected chi connectivity index (χ4v) is 1.39. The zero-order chi connectivity index (χ0) is 14.8. The molecule has 0 radical (unpaired) electrons. The van der Waals surface area contributed by atoms with Crippen molar-refractivity contribution in [2.75, 3.05) is 25.6 Å². The third kappa shape index (κ3) is 5.67. The van der Waals surface area contributed by atoms with Crippen molar-refractivity contribution in [3.8, 4) is 5.75 Å². The second-order valence-corrected chi connectivity index (χ2v) is 3.86. The SMILES string of the molecule is CC=CC=CC(=O)Nc1cc(F)ccc1OCCOC. The number of benzene rings is 1. The van der Waals surface area contributed by atoms with Gasteiger partial charge >= 0.3 is 0 Å². The van der Waals surface area contributed by atoms with Crippen LogP contribution in [0.4, 0.5) is 10.1 Å². The van der Waals surface area contributed by atoms with Crippen molar-refractivity contribution in [2.24, 2.45) is 0 Å². The fraction of sp³-hybridized carbons (Fsp3) is 0.267. The van der Waals surface area contributed by atoms with E-state index in [2.05, 4.69) is 5.32 Å². The van der Waals surface area contributed by atoms with Crippen molar-refractivity contribution in [1.82, 2.24) is 0 Å². The smallest absolute Gasteiger partial charge is 0.248 e. The van der Waals surface area contributed by atoms with Gasteiger partial charge in [-0.05, 0) is 19.1 Å². The first kappa shape index (κ1) is 15.9. The van der Waals surface area contributed by atoms with Gasteiger partial charge in [-0.1, -0.05) is 18.2 Å². The lowest BCUT2D eigenvalue weighted by atomic mass is 10.2. The molecule has 1 N–H and O–H groups in total. The van der Waals surface area contributed by atoms with Gasteiger partial charge in [0.25, 0.3) is 0 Å².